The summed E-state index contributed by atoms with van der Waals surface area (Å²) in [6.07, 6.45) is 0. The topological polar surface area (TPSA) is 82.8 Å². The maximum atomic E-state index is 12.7. The van der Waals surface area contributed by atoms with Crippen LogP contribution in [0.25, 0.3) is 0 Å². The summed E-state index contributed by atoms with van der Waals surface area (Å²) in [4.78, 5) is 12.7. The molecule has 0 unspecified atom stereocenters. The van der Waals surface area contributed by atoms with Gasteiger partial charge in [-0.25, -0.2) is 0 Å². The van der Waals surface area contributed by atoms with Crippen molar-refractivity contribution >= 4 is 28.9 Å². The van der Waals surface area contributed by atoms with Crippen LogP contribution >= 0.6 is 11.6 Å². The number of benzene rings is 2. The Morgan fingerprint density at radius 3 is 2.67 bits per heavy atom. The number of nitrogens with one attached hydrogen (secondary N) is 1. The molecule has 7 heteroatoms. The first kappa shape index (κ1) is 21.0. The smallest absolute Gasteiger partial charge is 0.259 e. The Labute approximate surface area is 164 Å². The first-order chi connectivity index (χ1) is 13.0. The molecule has 0 aliphatic rings. The maximum absolute atomic E-state index is 12.7. The summed E-state index contributed by atoms with van der Waals surface area (Å²) < 4.78 is 16.1. The number of methoxy groups -OCH3 is 1. The lowest BCUT2D eigenvalue weighted by Gasteiger charge is -2.15. The first-order valence-corrected chi connectivity index (χ1v) is 9.04. The quantitative estimate of drug-likeness (QED) is 0.497. The van der Waals surface area contributed by atoms with Crippen molar-refractivity contribution in [3.63, 3.8) is 0 Å². The average molecular weight is 393 g/mol. The molecule has 27 heavy (non-hydrogen) atoms. The van der Waals surface area contributed by atoms with Crippen molar-refractivity contribution in [3.8, 4) is 5.75 Å². The Bertz CT molecular complexity index is 796. The summed E-state index contributed by atoms with van der Waals surface area (Å²) in [5.74, 6) is 0.0359. The molecule has 0 fully saturated rings. The van der Waals surface area contributed by atoms with Gasteiger partial charge in [-0.2, -0.15) is 0 Å². The average Bonchev–Trinajstić information content (AvgIpc) is 2.66. The minimum absolute atomic E-state index is 0.300. The van der Waals surface area contributed by atoms with Crippen molar-refractivity contribution < 1.29 is 19.0 Å². The molecule has 146 valence electrons. The molecule has 0 radical (unpaired) electrons. The number of hydrogen-bond acceptors (Lipinski definition) is 5. The van der Waals surface area contributed by atoms with Gasteiger partial charge in [0.25, 0.3) is 5.91 Å². The predicted octanol–water partition coefficient (Wildman–Crippen LogP) is 4.04. The van der Waals surface area contributed by atoms with E-state index in [0.29, 0.717) is 54.1 Å². The minimum atomic E-state index is -0.328. The van der Waals surface area contributed by atoms with Crippen molar-refractivity contribution in [2.45, 2.75) is 20.5 Å². The molecule has 0 saturated heterocycles. The van der Waals surface area contributed by atoms with E-state index in [4.69, 9.17) is 31.5 Å². The molecular formula is C20H25ClN2O4. The summed E-state index contributed by atoms with van der Waals surface area (Å²) in [6.45, 7) is 6.07. The van der Waals surface area contributed by atoms with Crippen LogP contribution in [0.15, 0.2) is 30.3 Å². The van der Waals surface area contributed by atoms with Crippen molar-refractivity contribution in [2.24, 2.45) is 0 Å². The number of carbonyl (C=O) groups is 1. The van der Waals surface area contributed by atoms with Crippen molar-refractivity contribution in [1.82, 2.24) is 0 Å². The number of carbonyl (C=O) groups excluding carboxylic acids is 1. The molecule has 2 aromatic carbocycles. The number of hydrogen-bond donors (Lipinski definition) is 2. The Balaban J connectivity index is 2.12. The van der Waals surface area contributed by atoms with Gasteiger partial charge in [-0.05, 0) is 37.1 Å². The Kier molecular flexibility index (Phi) is 7.91. The molecule has 0 spiro atoms. The molecule has 2 rings (SSSR count). The highest BCUT2D eigenvalue weighted by Gasteiger charge is 2.16. The van der Waals surface area contributed by atoms with Gasteiger partial charge in [0.1, 0.15) is 5.75 Å². The highest BCUT2D eigenvalue weighted by molar-refractivity contribution is 6.33. The molecular weight excluding hydrogens is 368 g/mol. The molecule has 2 aromatic rings. The van der Waals surface area contributed by atoms with Gasteiger partial charge < -0.3 is 25.3 Å². The van der Waals surface area contributed by atoms with Crippen LogP contribution in [0.5, 0.6) is 5.75 Å². The lowest BCUT2D eigenvalue weighted by molar-refractivity contribution is 0.0451. The summed E-state index contributed by atoms with van der Waals surface area (Å²) in [7, 11) is 1.48. The summed E-state index contributed by atoms with van der Waals surface area (Å²) >= 11 is 6.05. The molecule has 0 aliphatic carbocycles. The zero-order chi connectivity index (χ0) is 19.8. The van der Waals surface area contributed by atoms with Gasteiger partial charge in [-0.15, -0.1) is 0 Å². The zero-order valence-corrected chi connectivity index (χ0v) is 16.6. The van der Waals surface area contributed by atoms with Crippen LogP contribution < -0.4 is 15.8 Å². The van der Waals surface area contributed by atoms with E-state index in [1.54, 1.807) is 0 Å². The fourth-order valence-electron chi connectivity index (χ4n) is 2.52. The Hall–Kier alpha value is -2.28. The van der Waals surface area contributed by atoms with Crippen LogP contribution in [0.3, 0.4) is 0 Å². The third-order valence-corrected chi connectivity index (χ3v) is 4.42. The maximum Gasteiger partial charge on any atom is 0.259 e. The zero-order valence-electron chi connectivity index (χ0n) is 15.8. The summed E-state index contributed by atoms with van der Waals surface area (Å²) in [5, 5.41) is 3.20. The van der Waals surface area contributed by atoms with Crippen LogP contribution in [-0.4, -0.2) is 32.8 Å². The van der Waals surface area contributed by atoms with Gasteiger partial charge in [0.05, 0.1) is 43.2 Å². The third-order valence-electron chi connectivity index (χ3n) is 4.09. The predicted molar refractivity (Wildman–Crippen MR) is 108 cm³/mol. The van der Waals surface area contributed by atoms with E-state index in [-0.39, 0.29) is 5.91 Å². The standard InChI is InChI=1S/C20H25ClN2O4/c1-4-26-8-9-27-12-14-6-5-7-18(13(14)2)23-20(24)15-10-16(21)17(22)11-19(15)25-3/h5-7,10-11H,4,8-9,12,22H2,1-3H3,(H,23,24). The van der Waals surface area contributed by atoms with Gasteiger partial charge in [0.15, 0.2) is 0 Å². The number of nitrogen functional groups attached to an aromatic ring is 1. The number of rotatable bonds is 9. The van der Waals surface area contributed by atoms with Crippen LogP contribution in [0.4, 0.5) is 11.4 Å². The van der Waals surface area contributed by atoms with E-state index in [1.165, 1.54) is 19.2 Å². The van der Waals surface area contributed by atoms with Gasteiger partial charge in [-0.3, -0.25) is 4.79 Å². The summed E-state index contributed by atoms with van der Waals surface area (Å²) in [5.41, 5.74) is 9.06. The van der Waals surface area contributed by atoms with Gasteiger partial charge in [0.2, 0.25) is 0 Å². The fourth-order valence-corrected chi connectivity index (χ4v) is 2.69. The largest absolute Gasteiger partial charge is 0.496 e. The number of halogens is 1. The van der Waals surface area contributed by atoms with Gasteiger partial charge in [0, 0.05) is 18.4 Å². The number of ether oxygens (including phenoxy) is 3. The Morgan fingerprint density at radius 2 is 1.96 bits per heavy atom. The SMILES string of the molecule is CCOCCOCc1cccc(NC(=O)c2cc(Cl)c(N)cc2OC)c1C. The lowest BCUT2D eigenvalue weighted by Crippen LogP contribution is -2.15. The molecule has 0 bridgehead atoms. The van der Waals surface area contributed by atoms with Crippen molar-refractivity contribution in [3.05, 3.63) is 52.0 Å². The highest BCUT2D eigenvalue weighted by atomic mass is 35.5. The molecule has 1 amide bonds. The van der Waals surface area contributed by atoms with Crippen LogP contribution in [0, 0.1) is 6.92 Å². The molecule has 6 nitrogen and oxygen atoms in total. The van der Waals surface area contributed by atoms with E-state index in [0.717, 1.165) is 11.1 Å². The first-order valence-electron chi connectivity index (χ1n) is 8.66. The second-order valence-electron chi connectivity index (χ2n) is 5.87. The highest BCUT2D eigenvalue weighted by Crippen LogP contribution is 2.30. The Morgan fingerprint density at radius 1 is 1.22 bits per heavy atom. The van der Waals surface area contributed by atoms with Gasteiger partial charge in [-0.1, -0.05) is 23.7 Å². The second kappa shape index (κ2) is 10.2. The molecule has 0 saturated carbocycles. The number of anilines is 2. The van der Waals surface area contributed by atoms with E-state index in [9.17, 15) is 4.79 Å². The van der Waals surface area contributed by atoms with Crippen molar-refractivity contribution in [2.75, 3.05) is 38.0 Å². The number of nitrogens with two attached hydrogens (primary N) is 1. The van der Waals surface area contributed by atoms with E-state index < -0.39 is 0 Å². The second-order valence-corrected chi connectivity index (χ2v) is 6.27. The molecule has 0 heterocycles. The molecule has 0 atom stereocenters. The van der Waals surface area contributed by atoms with E-state index in [1.807, 2.05) is 32.0 Å². The molecule has 3 N–H and O–H groups in total. The van der Waals surface area contributed by atoms with Crippen molar-refractivity contribution in [1.29, 1.82) is 0 Å². The normalized spacial score (nSPS) is 10.7. The van der Waals surface area contributed by atoms with Gasteiger partial charge >= 0.3 is 0 Å². The third kappa shape index (κ3) is 5.60. The number of amides is 1. The molecule has 0 aromatic heterocycles. The monoisotopic (exact) mass is 392 g/mol. The van der Waals surface area contributed by atoms with Crippen LogP contribution in [-0.2, 0) is 16.1 Å². The van der Waals surface area contributed by atoms with E-state index in [2.05, 4.69) is 5.32 Å². The van der Waals surface area contributed by atoms with Crippen LogP contribution in [0.1, 0.15) is 28.4 Å². The molecule has 0 aliphatic heterocycles. The lowest BCUT2D eigenvalue weighted by atomic mass is 10.1. The van der Waals surface area contributed by atoms with Crippen LogP contribution in [0.2, 0.25) is 5.02 Å². The fraction of sp³-hybridized carbons (Fsp3) is 0.350. The van der Waals surface area contributed by atoms with E-state index >= 15 is 0 Å². The minimum Gasteiger partial charge on any atom is -0.496 e. The summed E-state index contributed by atoms with van der Waals surface area (Å²) in [6, 6.07) is 8.71.